The minimum Gasteiger partial charge on any atom is -0.465 e. The van der Waals surface area contributed by atoms with E-state index in [4.69, 9.17) is 10.5 Å². The molecular weight excluding hydrogens is 555 g/mol. The van der Waals surface area contributed by atoms with Crippen LogP contribution in [0.3, 0.4) is 0 Å². The largest absolute Gasteiger partial charge is 0.573 e. The molecule has 0 saturated carbocycles. The van der Waals surface area contributed by atoms with Gasteiger partial charge in [-0.3, -0.25) is 20.4 Å². The van der Waals surface area contributed by atoms with E-state index in [0.29, 0.717) is 11.3 Å². The molecule has 0 bridgehead atoms. The first-order valence-electron chi connectivity index (χ1n) is 12.6. The zero-order chi connectivity index (χ0) is 31.1. The second-order valence-corrected chi connectivity index (χ2v) is 10.2. The van der Waals surface area contributed by atoms with Gasteiger partial charge in [0.15, 0.2) is 0 Å². The van der Waals surface area contributed by atoms with Crippen LogP contribution in [0.5, 0.6) is 5.75 Å². The number of carboxylic acid groups (broad SMARTS) is 1. The Bertz CT molecular complexity index is 1420. The van der Waals surface area contributed by atoms with Gasteiger partial charge in [-0.2, -0.15) is 0 Å². The lowest BCUT2D eigenvalue weighted by molar-refractivity contribution is -0.274. The van der Waals surface area contributed by atoms with Crippen molar-refractivity contribution in [2.75, 3.05) is 16.8 Å². The van der Waals surface area contributed by atoms with Crippen molar-refractivity contribution in [1.82, 2.24) is 10.6 Å². The molecule has 0 saturated heterocycles. The van der Waals surface area contributed by atoms with Crippen molar-refractivity contribution in [3.05, 3.63) is 89.5 Å². The van der Waals surface area contributed by atoms with Gasteiger partial charge >= 0.3 is 18.5 Å². The van der Waals surface area contributed by atoms with E-state index in [-0.39, 0.29) is 29.8 Å². The van der Waals surface area contributed by atoms with Crippen LogP contribution in [0.4, 0.5) is 34.1 Å². The predicted octanol–water partition coefficient (Wildman–Crippen LogP) is 6.10. The van der Waals surface area contributed by atoms with Crippen molar-refractivity contribution in [2.24, 2.45) is 0 Å². The summed E-state index contributed by atoms with van der Waals surface area (Å²) in [5.74, 6) is -1.34. The van der Waals surface area contributed by atoms with E-state index in [0.717, 1.165) is 17.7 Å². The molecule has 5 N–H and O–H groups in total. The zero-order valence-electron chi connectivity index (χ0n) is 23.0. The number of rotatable bonds is 8. The number of hydrogen-bond donors (Lipinski definition) is 5. The number of carbonyl (C=O) groups excluding carboxylic acids is 2. The number of carbonyl (C=O) groups is 3. The van der Waals surface area contributed by atoms with E-state index in [2.05, 4.69) is 36.1 Å². The molecule has 0 fully saturated rings. The maximum absolute atomic E-state index is 13.4. The fourth-order valence-electron chi connectivity index (χ4n) is 3.74. The van der Waals surface area contributed by atoms with Gasteiger partial charge in [-0.25, -0.2) is 9.59 Å². The van der Waals surface area contributed by atoms with E-state index >= 15 is 0 Å². The average Bonchev–Trinajstić information content (AvgIpc) is 2.90. The number of anilines is 2. The number of nitrogens with zero attached hydrogens (tertiary/aromatic N) is 1. The quantitative estimate of drug-likeness (QED) is 0.160. The van der Waals surface area contributed by atoms with Crippen LogP contribution in [0, 0.1) is 5.41 Å². The number of ether oxygens (including phenoxy) is 1. The molecule has 3 aromatic carbocycles. The Balaban J connectivity index is 1.78. The Kier molecular flexibility index (Phi) is 9.78. The van der Waals surface area contributed by atoms with Gasteiger partial charge in [0.05, 0.1) is 13.1 Å². The first kappa shape index (κ1) is 31.5. The van der Waals surface area contributed by atoms with Crippen LogP contribution in [-0.4, -0.2) is 41.9 Å². The second-order valence-electron chi connectivity index (χ2n) is 10.2. The maximum atomic E-state index is 13.4. The Morgan fingerprint density at radius 3 is 2.02 bits per heavy atom. The molecule has 0 aliphatic heterocycles. The molecule has 0 radical (unpaired) electrons. The number of alkyl halides is 3. The zero-order valence-corrected chi connectivity index (χ0v) is 23.0. The Labute approximate surface area is 240 Å². The van der Waals surface area contributed by atoms with Gasteiger partial charge in [0.1, 0.15) is 11.6 Å². The highest BCUT2D eigenvalue weighted by molar-refractivity contribution is 6.02. The molecule has 10 nitrogen and oxygen atoms in total. The molecule has 0 aromatic heterocycles. The molecule has 222 valence electrons. The Morgan fingerprint density at radius 2 is 1.50 bits per heavy atom. The molecule has 0 spiro atoms. The topological polar surface area (TPSA) is 144 Å². The lowest BCUT2D eigenvalue weighted by Gasteiger charge is -2.25. The molecule has 13 heteroatoms. The highest BCUT2D eigenvalue weighted by Crippen LogP contribution is 2.27. The van der Waals surface area contributed by atoms with Gasteiger partial charge in [0.25, 0.3) is 5.91 Å². The van der Waals surface area contributed by atoms with E-state index in [1.807, 2.05) is 17.4 Å². The van der Waals surface area contributed by atoms with Crippen molar-refractivity contribution in [3.8, 4) is 5.75 Å². The fourth-order valence-corrected chi connectivity index (χ4v) is 3.74. The summed E-state index contributed by atoms with van der Waals surface area (Å²) < 4.78 is 41.3. The number of urea groups is 1. The van der Waals surface area contributed by atoms with Crippen molar-refractivity contribution in [3.63, 3.8) is 0 Å². The van der Waals surface area contributed by atoms with Crippen LogP contribution in [0.2, 0.25) is 0 Å². The van der Waals surface area contributed by atoms with Crippen LogP contribution in [0.15, 0.2) is 72.8 Å². The Morgan fingerprint density at radius 1 is 0.905 bits per heavy atom. The average molecular weight is 586 g/mol. The molecule has 3 aromatic rings. The van der Waals surface area contributed by atoms with Crippen molar-refractivity contribution in [1.29, 1.82) is 5.41 Å². The molecule has 3 rings (SSSR count). The van der Waals surface area contributed by atoms with Gasteiger partial charge in [-0.1, -0.05) is 45.0 Å². The first-order valence-corrected chi connectivity index (χ1v) is 12.6. The van der Waals surface area contributed by atoms with Gasteiger partial charge < -0.3 is 20.5 Å². The summed E-state index contributed by atoms with van der Waals surface area (Å²) in [7, 11) is 0. The van der Waals surface area contributed by atoms with Gasteiger partial charge in [0.2, 0.25) is 0 Å². The van der Waals surface area contributed by atoms with E-state index in [1.54, 1.807) is 24.3 Å². The highest BCUT2D eigenvalue weighted by Gasteiger charge is 2.31. The summed E-state index contributed by atoms with van der Waals surface area (Å²) in [4.78, 5) is 37.8. The Hall–Kier alpha value is -5.07. The number of amidine groups is 1. The lowest BCUT2D eigenvalue weighted by Crippen LogP contribution is -2.38. The van der Waals surface area contributed by atoms with Crippen LogP contribution in [-0.2, 0) is 12.0 Å². The summed E-state index contributed by atoms with van der Waals surface area (Å²) in [5, 5.41) is 23.1. The van der Waals surface area contributed by atoms with E-state index in [1.165, 1.54) is 29.2 Å². The molecule has 4 amide bonds. The van der Waals surface area contributed by atoms with E-state index < -0.39 is 36.0 Å². The van der Waals surface area contributed by atoms with Crippen LogP contribution < -0.4 is 25.6 Å². The number of hydrogen-bond acceptors (Lipinski definition) is 5. The number of benzene rings is 3. The predicted molar refractivity (Wildman–Crippen MR) is 151 cm³/mol. The summed E-state index contributed by atoms with van der Waals surface area (Å²) in [6, 6.07) is 18.0. The number of amides is 4. The second kappa shape index (κ2) is 13.1. The van der Waals surface area contributed by atoms with Crippen molar-refractivity contribution >= 4 is 35.2 Å². The lowest BCUT2D eigenvalue weighted by atomic mass is 9.87. The molecule has 0 aliphatic carbocycles. The third-order valence-electron chi connectivity index (χ3n) is 5.87. The smallest absolute Gasteiger partial charge is 0.465 e. The number of halogens is 3. The summed E-state index contributed by atoms with van der Waals surface area (Å²) in [6.07, 6.45) is -6.25. The molecule has 0 unspecified atom stereocenters. The standard InChI is InChI=1S/C29H30F3N5O5/c1-28(2,3)20-8-12-22(13-9-20)37(26(39)35-21-10-14-23(15-11-21)42-29(30,31)32)17-18-4-6-19(7-5-18)25(38)34-16-24(33)36-27(40)41/h4-15H,16-17H2,1-3H3,(H2,33,36)(H,34,38)(H,35,39)(H,40,41). The normalized spacial score (nSPS) is 11.3. The van der Waals surface area contributed by atoms with E-state index in [9.17, 15) is 27.6 Å². The van der Waals surface area contributed by atoms with Crippen molar-refractivity contribution < 1.29 is 37.4 Å². The molecule has 0 aliphatic rings. The van der Waals surface area contributed by atoms with Gasteiger partial charge in [-0.05, 0) is 65.1 Å². The molecule has 0 atom stereocenters. The van der Waals surface area contributed by atoms with Crippen LogP contribution in [0.25, 0.3) is 0 Å². The minimum absolute atomic E-state index is 0.0883. The first-order chi connectivity index (χ1) is 19.6. The maximum Gasteiger partial charge on any atom is 0.573 e. The molecular formula is C29H30F3N5O5. The molecule has 0 heterocycles. The summed E-state index contributed by atoms with van der Waals surface area (Å²) >= 11 is 0. The SMILES string of the molecule is CC(C)(C)c1ccc(N(Cc2ccc(C(=O)NCC(=N)NC(=O)O)cc2)C(=O)Nc2ccc(OC(F)(F)F)cc2)cc1. The van der Waals surface area contributed by atoms with Crippen molar-refractivity contribution in [2.45, 2.75) is 39.1 Å². The third-order valence-corrected chi connectivity index (χ3v) is 5.87. The summed E-state index contributed by atoms with van der Waals surface area (Å²) in [6.45, 7) is 5.95. The highest BCUT2D eigenvalue weighted by atomic mass is 19.4. The number of nitrogens with one attached hydrogen (secondary N) is 4. The van der Waals surface area contributed by atoms with Crippen LogP contribution >= 0.6 is 0 Å². The molecule has 42 heavy (non-hydrogen) atoms. The van der Waals surface area contributed by atoms with Gasteiger partial charge in [0, 0.05) is 16.9 Å². The third kappa shape index (κ3) is 9.54. The fraction of sp³-hybridized carbons (Fsp3) is 0.241. The summed E-state index contributed by atoms with van der Waals surface area (Å²) in [5.41, 5.74) is 2.66. The van der Waals surface area contributed by atoms with Crippen LogP contribution in [0.1, 0.15) is 42.3 Å². The van der Waals surface area contributed by atoms with Gasteiger partial charge in [-0.15, -0.1) is 13.2 Å². The monoisotopic (exact) mass is 585 g/mol. The minimum atomic E-state index is -4.84.